The van der Waals surface area contributed by atoms with E-state index in [0.29, 0.717) is 37.5 Å². The van der Waals surface area contributed by atoms with Gasteiger partial charge in [0.2, 0.25) is 0 Å². The summed E-state index contributed by atoms with van der Waals surface area (Å²) in [6.45, 7) is 3.99. The number of likely N-dealkylation sites (tertiary alicyclic amines) is 1. The molecule has 7 heteroatoms. The number of carbonyl (C=O) groups is 2. The van der Waals surface area contributed by atoms with Crippen LogP contribution in [0.4, 0.5) is 10.1 Å². The maximum absolute atomic E-state index is 13.2. The van der Waals surface area contributed by atoms with E-state index in [-0.39, 0.29) is 24.2 Å². The lowest BCUT2D eigenvalue weighted by molar-refractivity contribution is -0.133. The maximum Gasteiger partial charge on any atom is 0.260 e. The number of hydrogen-bond donors (Lipinski definition) is 0. The van der Waals surface area contributed by atoms with Gasteiger partial charge in [0, 0.05) is 45.0 Å². The molecule has 0 unspecified atom stereocenters. The molecule has 2 fully saturated rings. The molecular weight excluding hydrogens is 409 g/mol. The largest absolute Gasteiger partial charge is 0.483 e. The first-order valence-electron chi connectivity index (χ1n) is 11.4. The summed E-state index contributed by atoms with van der Waals surface area (Å²) < 4.78 is 19.0. The molecule has 0 aliphatic carbocycles. The van der Waals surface area contributed by atoms with Gasteiger partial charge >= 0.3 is 0 Å². The van der Waals surface area contributed by atoms with Gasteiger partial charge in [-0.3, -0.25) is 9.59 Å². The third-order valence-corrected chi connectivity index (χ3v) is 6.19. The van der Waals surface area contributed by atoms with Crippen LogP contribution in [-0.2, 0) is 4.79 Å². The van der Waals surface area contributed by atoms with E-state index in [1.165, 1.54) is 12.1 Å². The third-order valence-electron chi connectivity index (χ3n) is 6.19. The standard InChI is InChI=1S/C25H30FN3O3/c26-20-9-11-21(12-10-20)27-15-17-29(18-16-27)25(31)22-7-3-4-8-23(22)32-19-24(30)28-13-5-1-2-6-14-28/h3-4,7-12H,1-2,5-6,13-19H2. The van der Waals surface area contributed by atoms with Crippen LogP contribution in [0.3, 0.4) is 0 Å². The minimum absolute atomic E-state index is 0.0259. The lowest BCUT2D eigenvalue weighted by Gasteiger charge is -2.36. The Morgan fingerprint density at radius 3 is 2.12 bits per heavy atom. The Labute approximate surface area is 188 Å². The summed E-state index contributed by atoms with van der Waals surface area (Å²) in [5.41, 5.74) is 1.43. The lowest BCUT2D eigenvalue weighted by atomic mass is 10.1. The predicted molar refractivity (Wildman–Crippen MR) is 122 cm³/mol. The van der Waals surface area contributed by atoms with E-state index in [9.17, 15) is 14.0 Å². The van der Waals surface area contributed by atoms with E-state index in [1.807, 2.05) is 17.0 Å². The predicted octanol–water partition coefficient (Wildman–Crippen LogP) is 3.57. The molecule has 0 spiro atoms. The van der Waals surface area contributed by atoms with Crippen LogP contribution >= 0.6 is 0 Å². The summed E-state index contributed by atoms with van der Waals surface area (Å²) in [4.78, 5) is 31.6. The van der Waals surface area contributed by atoms with Crippen LogP contribution in [0.5, 0.6) is 5.75 Å². The number of carbonyl (C=O) groups excluding carboxylic acids is 2. The Morgan fingerprint density at radius 1 is 0.781 bits per heavy atom. The first-order chi connectivity index (χ1) is 15.6. The number of rotatable bonds is 5. The summed E-state index contributed by atoms with van der Waals surface area (Å²) >= 11 is 0. The number of amides is 2. The minimum Gasteiger partial charge on any atom is -0.483 e. The van der Waals surface area contributed by atoms with Crippen molar-refractivity contribution in [1.29, 1.82) is 0 Å². The van der Waals surface area contributed by atoms with Crippen molar-refractivity contribution >= 4 is 17.5 Å². The van der Waals surface area contributed by atoms with Gasteiger partial charge in [0.05, 0.1) is 5.56 Å². The van der Waals surface area contributed by atoms with Gasteiger partial charge in [-0.1, -0.05) is 25.0 Å². The highest BCUT2D eigenvalue weighted by Crippen LogP contribution is 2.23. The van der Waals surface area contributed by atoms with E-state index < -0.39 is 0 Å². The maximum atomic E-state index is 13.2. The first-order valence-corrected chi connectivity index (χ1v) is 11.4. The second-order valence-electron chi connectivity index (χ2n) is 8.34. The third kappa shape index (κ3) is 5.39. The van der Waals surface area contributed by atoms with Gasteiger partial charge in [-0.05, 0) is 49.2 Å². The smallest absolute Gasteiger partial charge is 0.260 e. The number of ether oxygens (including phenoxy) is 1. The van der Waals surface area contributed by atoms with E-state index in [0.717, 1.165) is 44.5 Å². The molecular formula is C25H30FN3O3. The minimum atomic E-state index is -0.256. The van der Waals surface area contributed by atoms with Crippen molar-refractivity contribution < 1.29 is 18.7 Å². The highest BCUT2D eigenvalue weighted by atomic mass is 19.1. The Morgan fingerprint density at radius 2 is 1.44 bits per heavy atom. The summed E-state index contributed by atoms with van der Waals surface area (Å²) in [6.07, 6.45) is 4.39. The van der Waals surface area contributed by atoms with E-state index in [2.05, 4.69) is 4.90 Å². The molecule has 170 valence electrons. The molecule has 6 nitrogen and oxygen atoms in total. The number of nitrogens with zero attached hydrogens (tertiary/aromatic N) is 3. The van der Waals surface area contributed by atoms with Crippen LogP contribution in [0.15, 0.2) is 48.5 Å². The van der Waals surface area contributed by atoms with Crippen molar-refractivity contribution in [3.05, 3.63) is 59.9 Å². The molecule has 2 heterocycles. The average Bonchev–Trinajstić information content (AvgIpc) is 3.13. The first kappa shape index (κ1) is 22.1. The van der Waals surface area contributed by atoms with Crippen molar-refractivity contribution in [1.82, 2.24) is 9.80 Å². The van der Waals surface area contributed by atoms with Gasteiger partial charge in [0.1, 0.15) is 11.6 Å². The molecule has 2 aromatic rings. The zero-order valence-electron chi connectivity index (χ0n) is 18.3. The quantitative estimate of drug-likeness (QED) is 0.715. The molecule has 2 aromatic carbocycles. The molecule has 2 aliphatic rings. The highest BCUT2D eigenvalue weighted by Gasteiger charge is 2.25. The Balaban J connectivity index is 1.35. The molecule has 0 saturated carbocycles. The summed E-state index contributed by atoms with van der Waals surface area (Å²) in [5.74, 6) is 0.0683. The SMILES string of the molecule is O=C(COc1ccccc1C(=O)N1CCN(c2ccc(F)cc2)CC1)N1CCCCCC1. The summed E-state index contributed by atoms with van der Waals surface area (Å²) in [5, 5.41) is 0. The number of anilines is 1. The van der Waals surface area contributed by atoms with Crippen LogP contribution in [0.2, 0.25) is 0 Å². The molecule has 0 aromatic heterocycles. The van der Waals surface area contributed by atoms with E-state index in [1.54, 1.807) is 29.2 Å². The Bertz CT molecular complexity index is 918. The van der Waals surface area contributed by atoms with E-state index in [4.69, 9.17) is 4.74 Å². The van der Waals surface area contributed by atoms with Crippen molar-refractivity contribution in [3.63, 3.8) is 0 Å². The van der Waals surface area contributed by atoms with Crippen molar-refractivity contribution in [2.24, 2.45) is 0 Å². The van der Waals surface area contributed by atoms with Gasteiger partial charge in [-0.15, -0.1) is 0 Å². The van der Waals surface area contributed by atoms with Crippen LogP contribution < -0.4 is 9.64 Å². The molecule has 2 aliphatic heterocycles. The average molecular weight is 440 g/mol. The summed E-state index contributed by atoms with van der Waals surface area (Å²) in [7, 11) is 0. The Kier molecular flexibility index (Phi) is 7.24. The Hall–Kier alpha value is -3.09. The van der Waals surface area contributed by atoms with Gasteiger partial charge in [-0.2, -0.15) is 0 Å². The molecule has 32 heavy (non-hydrogen) atoms. The molecule has 2 amide bonds. The zero-order valence-corrected chi connectivity index (χ0v) is 18.3. The van der Waals surface area contributed by atoms with Gasteiger partial charge < -0.3 is 19.4 Å². The van der Waals surface area contributed by atoms with E-state index >= 15 is 0 Å². The fourth-order valence-electron chi connectivity index (χ4n) is 4.31. The molecule has 0 atom stereocenters. The molecule has 0 bridgehead atoms. The highest BCUT2D eigenvalue weighted by molar-refractivity contribution is 5.97. The van der Waals surface area contributed by atoms with Gasteiger partial charge in [0.25, 0.3) is 11.8 Å². The van der Waals surface area contributed by atoms with Crippen LogP contribution in [0.25, 0.3) is 0 Å². The number of halogens is 1. The normalized spacial score (nSPS) is 17.1. The van der Waals surface area contributed by atoms with Crippen LogP contribution in [0.1, 0.15) is 36.0 Å². The fraction of sp³-hybridized carbons (Fsp3) is 0.440. The lowest BCUT2D eigenvalue weighted by Crippen LogP contribution is -2.48. The molecule has 0 radical (unpaired) electrons. The second-order valence-corrected chi connectivity index (χ2v) is 8.34. The van der Waals surface area contributed by atoms with Gasteiger partial charge in [-0.25, -0.2) is 4.39 Å². The number of piperazine rings is 1. The number of benzene rings is 2. The molecule has 2 saturated heterocycles. The fourth-order valence-corrected chi connectivity index (χ4v) is 4.31. The second kappa shape index (κ2) is 10.5. The number of para-hydroxylation sites is 1. The molecule has 0 N–H and O–H groups in total. The van der Waals surface area contributed by atoms with Crippen molar-refractivity contribution in [2.75, 3.05) is 50.8 Å². The monoisotopic (exact) mass is 439 g/mol. The summed E-state index contributed by atoms with van der Waals surface area (Å²) in [6, 6.07) is 13.5. The zero-order chi connectivity index (χ0) is 22.3. The topological polar surface area (TPSA) is 53.1 Å². The number of hydrogen-bond acceptors (Lipinski definition) is 4. The van der Waals surface area contributed by atoms with Gasteiger partial charge in [0.15, 0.2) is 6.61 Å². The molecule has 4 rings (SSSR count). The van der Waals surface area contributed by atoms with Crippen molar-refractivity contribution in [3.8, 4) is 5.75 Å². The van der Waals surface area contributed by atoms with Crippen LogP contribution in [0, 0.1) is 5.82 Å². The van der Waals surface area contributed by atoms with Crippen LogP contribution in [-0.4, -0.2) is 67.5 Å². The van der Waals surface area contributed by atoms with Crippen molar-refractivity contribution in [2.45, 2.75) is 25.7 Å².